The number of carbonyl (C=O) groups excluding carboxylic acids is 1. The highest BCUT2D eigenvalue weighted by Gasteiger charge is 2.02. The smallest absolute Gasteiger partial charge is 0.220 e. The Kier molecular flexibility index (Phi) is 4.27. The van der Waals surface area contributed by atoms with Crippen molar-refractivity contribution < 1.29 is 4.79 Å². The fourth-order valence-electron chi connectivity index (χ4n) is 1.51. The average Bonchev–Trinajstić information content (AvgIpc) is 2.88. The average molecular weight is 246 g/mol. The molecule has 2 aromatic rings. The Labute approximate surface area is 105 Å². The fraction of sp³-hybridized carbons (Fsp3) is 0.231. The van der Waals surface area contributed by atoms with Crippen LogP contribution in [0.2, 0.25) is 0 Å². The molecule has 1 aromatic carbocycles. The normalized spacial score (nSPS) is 10.1. The van der Waals surface area contributed by atoms with Gasteiger partial charge in [-0.1, -0.05) is 30.3 Å². The number of amides is 1. The van der Waals surface area contributed by atoms with E-state index in [1.807, 2.05) is 35.7 Å². The Morgan fingerprint density at radius 2 is 2.12 bits per heavy atom. The highest BCUT2D eigenvalue weighted by Crippen LogP contribution is 2.04. The largest absolute Gasteiger partial charge is 0.350 e. The second kappa shape index (κ2) is 6.15. The van der Waals surface area contributed by atoms with Gasteiger partial charge in [-0.15, -0.1) is 11.3 Å². The van der Waals surface area contributed by atoms with E-state index in [2.05, 4.69) is 10.3 Å². The van der Waals surface area contributed by atoms with Crippen LogP contribution in [0.5, 0.6) is 0 Å². The molecule has 1 N–H and O–H groups in total. The molecular formula is C13H14N2OS. The maximum absolute atomic E-state index is 11.6. The zero-order valence-electron chi connectivity index (χ0n) is 9.43. The molecule has 0 aliphatic heterocycles. The van der Waals surface area contributed by atoms with E-state index in [4.69, 9.17) is 0 Å². The number of aromatic nitrogens is 1. The molecule has 1 amide bonds. The van der Waals surface area contributed by atoms with Crippen molar-refractivity contribution in [1.82, 2.24) is 10.3 Å². The topological polar surface area (TPSA) is 42.0 Å². The molecule has 0 atom stereocenters. The number of hydrogen-bond donors (Lipinski definition) is 1. The summed E-state index contributed by atoms with van der Waals surface area (Å²) in [5, 5.41) is 5.72. The number of carbonyl (C=O) groups is 1. The number of aryl methyl sites for hydroxylation is 1. The number of rotatable bonds is 5. The van der Waals surface area contributed by atoms with Gasteiger partial charge in [0, 0.05) is 18.0 Å². The van der Waals surface area contributed by atoms with Gasteiger partial charge in [0.1, 0.15) is 5.01 Å². The van der Waals surface area contributed by atoms with Crippen LogP contribution in [0, 0.1) is 0 Å². The predicted octanol–water partition coefficient (Wildman–Crippen LogP) is 2.39. The van der Waals surface area contributed by atoms with Gasteiger partial charge in [-0.3, -0.25) is 4.79 Å². The first-order valence-electron chi connectivity index (χ1n) is 5.53. The Hall–Kier alpha value is -1.68. The Morgan fingerprint density at radius 3 is 2.82 bits per heavy atom. The number of nitrogens with one attached hydrogen (secondary N) is 1. The van der Waals surface area contributed by atoms with Crippen molar-refractivity contribution in [2.45, 2.75) is 19.4 Å². The van der Waals surface area contributed by atoms with E-state index in [9.17, 15) is 4.79 Å². The van der Waals surface area contributed by atoms with Gasteiger partial charge in [0.05, 0.1) is 6.54 Å². The molecule has 0 spiro atoms. The van der Waals surface area contributed by atoms with Crippen LogP contribution in [-0.2, 0) is 17.8 Å². The Balaban J connectivity index is 1.71. The van der Waals surface area contributed by atoms with E-state index >= 15 is 0 Å². The summed E-state index contributed by atoms with van der Waals surface area (Å²) < 4.78 is 0. The van der Waals surface area contributed by atoms with Crippen LogP contribution in [0.3, 0.4) is 0 Å². The van der Waals surface area contributed by atoms with Gasteiger partial charge in [-0.2, -0.15) is 0 Å². The van der Waals surface area contributed by atoms with Crippen molar-refractivity contribution in [3.8, 4) is 0 Å². The van der Waals surface area contributed by atoms with E-state index < -0.39 is 0 Å². The SMILES string of the molecule is O=C(CCc1ccccc1)NCc1nccs1. The minimum atomic E-state index is 0.0732. The second-order valence-electron chi connectivity index (χ2n) is 3.69. The summed E-state index contributed by atoms with van der Waals surface area (Å²) in [5.74, 6) is 0.0732. The highest BCUT2D eigenvalue weighted by atomic mass is 32.1. The zero-order valence-corrected chi connectivity index (χ0v) is 10.2. The van der Waals surface area contributed by atoms with Crippen LogP contribution < -0.4 is 5.32 Å². The van der Waals surface area contributed by atoms with E-state index in [0.717, 1.165) is 11.4 Å². The van der Waals surface area contributed by atoms with Crippen molar-refractivity contribution in [3.05, 3.63) is 52.5 Å². The fourth-order valence-corrected chi connectivity index (χ4v) is 2.06. The van der Waals surface area contributed by atoms with E-state index in [1.165, 1.54) is 5.56 Å². The Bertz CT molecular complexity index is 454. The first-order chi connectivity index (χ1) is 8.34. The molecule has 17 heavy (non-hydrogen) atoms. The summed E-state index contributed by atoms with van der Waals surface area (Å²) in [5.41, 5.74) is 1.19. The maximum Gasteiger partial charge on any atom is 0.220 e. The van der Waals surface area contributed by atoms with Gasteiger partial charge in [-0.05, 0) is 12.0 Å². The minimum absolute atomic E-state index is 0.0732. The molecular weight excluding hydrogens is 232 g/mol. The number of nitrogens with zero attached hydrogens (tertiary/aromatic N) is 1. The van der Waals surface area contributed by atoms with Crippen molar-refractivity contribution in [3.63, 3.8) is 0 Å². The van der Waals surface area contributed by atoms with Crippen molar-refractivity contribution in [2.24, 2.45) is 0 Å². The molecule has 0 aliphatic carbocycles. The molecule has 3 nitrogen and oxygen atoms in total. The lowest BCUT2D eigenvalue weighted by Crippen LogP contribution is -2.22. The summed E-state index contributed by atoms with van der Waals surface area (Å²) >= 11 is 1.55. The molecule has 1 aromatic heterocycles. The van der Waals surface area contributed by atoms with Crippen LogP contribution in [-0.4, -0.2) is 10.9 Å². The molecule has 0 unspecified atom stereocenters. The maximum atomic E-state index is 11.6. The molecule has 0 radical (unpaired) electrons. The molecule has 2 rings (SSSR count). The third-order valence-electron chi connectivity index (χ3n) is 2.40. The zero-order chi connectivity index (χ0) is 11.9. The third kappa shape index (κ3) is 4.00. The summed E-state index contributed by atoms with van der Waals surface area (Å²) in [6.07, 6.45) is 3.05. The van der Waals surface area contributed by atoms with Gasteiger partial charge in [0.25, 0.3) is 0 Å². The standard InChI is InChI=1S/C13H14N2OS/c16-12(15-10-13-14-8-9-17-13)7-6-11-4-2-1-3-5-11/h1-5,8-9H,6-7,10H2,(H,15,16). The molecule has 0 saturated heterocycles. The Morgan fingerprint density at radius 1 is 1.29 bits per heavy atom. The van der Waals surface area contributed by atoms with E-state index in [1.54, 1.807) is 17.5 Å². The second-order valence-corrected chi connectivity index (χ2v) is 4.67. The lowest BCUT2D eigenvalue weighted by molar-refractivity contribution is -0.121. The van der Waals surface area contributed by atoms with E-state index in [-0.39, 0.29) is 5.91 Å². The quantitative estimate of drug-likeness (QED) is 0.880. The van der Waals surface area contributed by atoms with Crippen molar-refractivity contribution >= 4 is 17.2 Å². The number of hydrogen-bond acceptors (Lipinski definition) is 3. The van der Waals surface area contributed by atoms with Crippen LogP contribution in [0.25, 0.3) is 0 Å². The summed E-state index contributed by atoms with van der Waals surface area (Å²) in [6.45, 7) is 0.533. The van der Waals surface area contributed by atoms with Crippen LogP contribution >= 0.6 is 11.3 Å². The molecule has 88 valence electrons. The van der Waals surface area contributed by atoms with Gasteiger partial charge < -0.3 is 5.32 Å². The van der Waals surface area contributed by atoms with Crippen LogP contribution in [0.4, 0.5) is 0 Å². The highest BCUT2D eigenvalue weighted by molar-refractivity contribution is 7.09. The van der Waals surface area contributed by atoms with Crippen molar-refractivity contribution in [2.75, 3.05) is 0 Å². The van der Waals surface area contributed by atoms with Gasteiger partial charge in [0.15, 0.2) is 0 Å². The molecule has 1 heterocycles. The molecule has 0 bridgehead atoms. The van der Waals surface area contributed by atoms with Crippen LogP contribution in [0.1, 0.15) is 17.0 Å². The van der Waals surface area contributed by atoms with Gasteiger partial charge in [0.2, 0.25) is 5.91 Å². The number of thiazole rings is 1. The molecule has 0 saturated carbocycles. The monoisotopic (exact) mass is 246 g/mol. The van der Waals surface area contributed by atoms with Gasteiger partial charge in [-0.25, -0.2) is 4.98 Å². The molecule has 0 fully saturated rings. The minimum Gasteiger partial charge on any atom is -0.350 e. The summed E-state index contributed by atoms with van der Waals surface area (Å²) in [7, 11) is 0. The summed E-state index contributed by atoms with van der Waals surface area (Å²) in [4.78, 5) is 15.7. The molecule has 0 aliphatic rings. The first-order valence-corrected chi connectivity index (χ1v) is 6.41. The van der Waals surface area contributed by atoms with Crippen molar-refractivity contribution in [1.29, 1.82) is 0 Å². The predicted molar refractivity (Wildman–Crippen MR) is 68.7 cm³/mol. The summed E-state index contributed by atoms with van der Waals surface area (Å²) in [6, 6.07) is 10.0. The lowest BCUT2D eigenvalue weighted by atomic mass is 10.1. The van der Waals surface area contributed by atoms with E-state index in [0.29, 0.717) is 13.0 Å². The van der Waals surface area contributed by atoms with Crippen LogP contribution in [0.15, 0.2) is 41.9 Å². The first kappa shape index (κ1) is 11.8. The third-order valence-corrected chi connectivity index (χ3v) is 3.18. The number of benzene rings is 1. The van der Waals surface area contributed by atoms with Gasteiger partial charge >= 0.3 is 0 Å². The lowest BCUT2D eigenvalue weighted by Gasteiger charge is -2.03. The molecule has 4 heteroatoms.